The Kier molecular flexibility index (Phi) is 4.42. The number of aromatic nitrogens is 2. The maximum Gasteiger partial charge on any atom is 0.325 e. The van der Waals surface area contributed by atoms with E-state index in [2.05, 4.69) is 41.8 Å². The molecule has 0 N–H and O–H groups in total. The third-order valence-corrected chi connectivity index (χ3v) is 4.30. The highest BCUT2D eigenvalue weighted by Crippen LogP contribution is 2.30. The van der Waals surface area contributed by atoms with Gasteiger partial charge in [0, 0.05) is 4.47 Å². The molecule has 0 amide bonds. The zero-order chi connectivity index (χ0) is 14.0. The molecule has 4 nitrogen and oxygen atoms in total. The molecule has 0 bridgehead atoms. The van der Waals surface area contributed by atoms with Crippen LogP contribution in [0.15, 0.2) is 27.3 Å². The molecule has 6 heteroatoms. The molecule has 0 radical (unpaired) electrons. The Morgan fingerprint density at radius 2 is 1.74 bits per heavy atom. The van der Waals surface area contributed by atoms with Crippen LogP contribution >= 0.6 is 31.9 Å². The van der Waals surface area contributed by atoms with Gasteiger partial charge < -0.3 is 9.47 Å². The molecule has 0 atom stereocenters. The van der Waals surface area contributed by atoms with Crippen molar-refractivity contribution in [1.29, 1.82) is 0 Å². The van der Waals surface area contributed by atoms with E-state index < -0.39 is 0 Å². The fraction of sp³-hybridized carbons (Fsp3) is 0.231. The van der Waals surface area contributed by atoms with Gasteiger partial charge in [0.1, 0.15) is 5.75 Å². The van der Waals surface area contributed by atoms with Gasteiger partial charge in [-0.25, -0.2) is 4.98 Å². The number of benzene rings is 1. The SMILES string of the molecule is COc1nc(Oc2cc(C)c(Br)c(C)c2)ncc1Br. The first-order valence-corrected chi connectivity index (χ1v) is 7.11. The van der Waals surface area contributed by atoms with Crippen molar-refractivity contribution in [2.75, 3.05) is 7.11 Å². The molecule has 0 aliphatic rings. The van der Waals surface area contributed by atoms with Crippen molar-refractivity contribution in [3.05, 3.63) is 38.4 Å². The molecule has 2 rings (SSSR count). The van der Waals surface area contributed by atoms with Crippen LogP contribution in [0.1, 0.15) is 11.1 Å². The normalized spacial score (nSPS) is 10.4. The molecule has 0 unspecified atom stereocenters. The van der Waals surface area contributed by atoms with Crippen molar-refractivity contribution >= 4 is 31.9 Å². The second-order valence-electron chi connectivity index (χ2n) is 3.98. The number of nitrogens with zero attached hydrogens (tertiary/aromatic N) is 2. The van der Waals surface area contributed by atoms with Crippen molar-refractivity contribution in [2.24, 2.45) is 0 Å². The first-order chi connectivity index (χ1) is 9.01. The summed E-state index contributed by atoms with van der Waals surface area (Å²) >= 11 is 6.82. The average Bonchev–Trinajstić information content (AvgIpc) is 2.38. The van der Waals surface area contributed by atoms with Gasteiger partial charge in [-0.3, -0.25) is 0 Å². The van der Waals surface area contributed by atoms with Gasteiger partial charge in [0.2, 0.25) is 5.88 Å². The van der Waals surface area contributed by atoms with Crippen molar-refractivity contribution in [2.45, 2.75) is 13.8 Å². The fourth-order valence-corrected chi connectivity index (χ4v) is 2.18. The van der Waals surface area contributed by atoms with E-state index in [-0.39, 0.29) is 6.01 Å². The van der Waals surface area contributed by atoms with Crippen molar-refractivity contribution in [3.63, 3.8) is 0 Å². The van der Waals surface area contributed by atoms with Crippen molar-refractivity contribution in [3.8, 4) is 17.6 Å². The third-order valence-electron chi connectivity index (χ3n) is 2.50. The molecule has 0 saturated carbocycles. The first-order valence-electron chi connectivity index (χ1n) is 5.52. The summed E-state index contributed by atoms with van der Waals surface area (Å²) in [6.07, 6.45) is 1.60. The van der Waals surface area contributed by atoms with Gasteiger partial charge in [0.25, 0.3) is 0 Å². The zero-order valence-corrected chi connectivity index (χ0v) is 13.9. The van der Waals surface area contributed by atoms with E-state index in [1.807, 2.05) is 26.0 Å². The standard InChI is InChI=1S/C13H12Br2N2O2/c1-7-4-9(5-8(2)11(7)15)19-13-16-6-10(14)12(17-13)18-3/h4-6H,1-3H3. The van der Waals surface area contributed by atoms with Crippen molar-refractivity contribution < 1.29 is 9.47 Å². The van der Waals surface area contributed by atoms with Crippen LogP contribution in [-0.2, 0) is 0 Å². The highest BCUT2D eigenvalue weighted by molar-refractivity contribution is 9.10. The van der Waals surface area contributed by atoms with Gasteiger partial charge in [0.15, 0.2) is 0 Å². The quantitative estimate of drug-likeness (QED) is 0.781. The van der Waals surface area contributed by atoms with Crippen LogP contribution in [0.25, 0.3) is 0 Å². The molecule has 0 aliphatic heterocycles. The number of methoxy groups -OCH3 is 1. The summed E-state index contributed by atoms with van der Waals surface area (Å²) in [6, 6.07) is 4.10. The Bertz CT molecular complexity index is 595. The number of aryl methyl sites for hydroxylation is 2. The molecule has 1 heterocycles. The predicted octanol–water partition coefficient (Wildman–Crippen LogP) is 4.42. The molecule has 100 valence electrons. The summed E-state index contributed by atoms with van der Waals surface area (Å²) in [5.41, 5.74) is 2.19. The number of halogens is 2. The molecule has 19 heavy (non-hydrogen) atoms. The number of rotatable bonds is 3. The van der Waals surface area contributed by atoms with Crippen molar-refractivity contribution in [1.82, 2.24) is 9.97 Å². The summed E-state index contributed by atoms with van der Waals surface area (Å²) in [5, 5.41) is 0. The van der Waals surface area contributed by atoms with Crippen LogP contribution in [0.5, 0.6) is 17.6 Å². The lowest BCUT2D eigenvalue weighted by molar-refractivity contribution is 0.373. The molecule has 0 fully saturated rings. The minimum absolute atomic E-state index is 0.251. The molecule has 0 saturated heterocycles. The van der Waals surface area contributed by atoms with E-state index in [9.17, 15) is 0 Å². The number of hydrogen-bond donors (Lipinski definition) is 0. The van der Waals surface area contributed by atoms with E-state index in [1.54, 1.807) is 13.3 Å². The van der Waals surface area contributed by atoms with Gasteiger partial charge >= 0.3 is 6.01 Å². The molecule has 0 spiro atoms. The van der Waals surface area contributed by atoms with Gasteiger partial charge in [-0.2, -0.15) is 4.98 Å². The van der Waals surface area contributed by atoms with Gasteiger partial charge in [-0.1, -0.05) is 15.9 Å². The van der Waals surface area contributed by atoms with E-state index in [4.69, 9.17) is 9.47 Å². The summed E-state index contributed by atoms with van der Waals surface area (Å²) in [7, 11) is 1.55. The van der Waals surface area contributed by atoms with E-state index >= 15 is 0 Å². The first kappa shape index (κ1) is 14.3. The Morgan fingerprint density at radius 1 is 1.11 bits per heavy atom. The smallest absolute Gasteiger partial charge is 0.325 e. The maximum atomic E-state index is 5.65. The minimum Gasteiger partial charge on any atom is -0.480 e. The largest absolute Gasteiger partial charge is 0.480 e. The van der Waals surface area contributed by atoms with E-state index in [0.717, 1.165) is 15.6 Å². The maximum absolute atomic E-state index is 5.65. The molecule has 2 aromatic rings. The average molecular weight is 388 g/mol. The lowest BCUT2D eigenvalue weighted by Gasteiger charge is -2.09. The lowest BCUT2D eigenvalue weighted by Crippen LogP contribution is -1.96. The third kappa shape index (κ3) is 3.25. The summed E-state index contributed by atoms with van der Waals surface area (Å²) in [4.78, 5) is 8.25. The predicted molar refractivity (Wildman–Crippen MR) is 80.0 cm³/mol. The van der Waals surface area contributed by atoms with Crippen LogP contribution in [0, 0.1) is 13.8 Å². The van der Waals surface area contributed by atoms with Crippen LogP contribution in [0.3, 0.4) is 0 Å². The summed E-state index contributed by atoms with van der Waals surface area (Å²) in [6.45, 7) is 4.01. The van der Waals surface area contributed by atoms with Gasteiger partial charge in [-0.15, -0.1) is 0 Å². The lowest BCUT2D eigenvalue weighted by atomic mass is 10.1. The molecule has 0 aliphatic carbocycles. The van der Waals surface area contributed by atoms with Crippen LogP contribution in [0.2, 0.25) is 0 Å². The Labute approximate surface area is 128 Å². The monoisotopic (exact) mass is 386 g/mol. The second-order valence-corrected chi connectivity index (χ2v) is 5.63. The zero-order valence-electron chi connectivity index (χ0n) is 10.7. The van der Waals surface area contributed by atoms with Gasteiger partial charge in [0.05, 0.1) is 17.8 Å². The van der Waals surface area contributed by atoms with Crippen LogP contribution in [-0.4, -0.2) is 17.1 Å². The summed E-state index contributed by atoms with van der Waals surface area (Å²) < 4.78 is 12.5. The molecule has 1 aromatic carbocycles. The van der Waals surface area contributed by atoms with E-state index in [0.29, 0.717) is 16.1 Å². The minimum atomic E-state index is 0.251. The Hall–Kier alpha value is -1.14. The molecule has 1 aromatic heterocycles. The van der Waals surface area contributed by atoms with Crippen LogP contribution < -0.4 is 9.47 Å². The highest BCUT2D eigenvalue weighted by atomic mass is 79.9. The Balaban J connectivity index is 2.31. The molecular weight excluding hydrogens is 376 g/mol. The fourth-order valence-electron chi connectivity index (χ4n) is 1.60. The summed E-state index contributed by atoms with van der Waals surface area (Å²) in [5.74, 6) is 1.14. The second kappa shape index (κ2) is 5.88. The number of ether oxygens (including phenoxy) is 2. The highest BCUT2D eigenvalue weighted by Gasteiger charge is 2.09. The Morgan fingerprint density at radius 3 is 2.32 bits per heavy atom. The molecular formula is C13H12Br2N2O2. The van der Waals surface area contributed by atoms with Crippen LogP contribution in [0.4, 0.5) is 0 Å². The van der Waals surface area contributed by atoms with Gasteiger partial charge in [-0.05, 0) is 53.0 Å². The topological polar surface area (TPSA) is 44.2 Å². The number of hydrogen-bond acceptors (Lipinski definition) is 4. The van der Waals surface area contributed by atoms with E-state index in [1.165, 1.54) is 0 Å².